The fraction of sp³-hybridized carbons (Fsp3) is 0.677. The van der Waals surface area contributed by atoms with Crippen LogP contribution in [0.4, 0.5) is 0 Å². The summed E-state index contributed by atoms with van der Waals surface area (Å²) >= 11 is 0. The smallest absolute Gasteiger partial charge is 0.331 e. The van der Waals surface area contributed by atoms with Gasteiger partial charge in [-0.3, -0.25) is 14.4 Å². The Morgan fingerprint density at radius 2 is 1.74 bits per heavy atom. The van der Waals surface area contributed by atoms with Gasteiger partial charge >= 0.3 is 23.9 Å². The maximum atomic E-state index is 13.2. The number of esters is 4. The van der Waals surface area contributed by atoms with Crippen molar-refractivity contribution in [2.75, 3.05) is 7.11 Å². The van der Waals surface area contributed by atoms with Crippen LogP contribution in [0.25, 0.3) is 0 Å². The highest BCUT2D eigenvalue weighted by atomic mass is 16.7. The molecule has 1 spiro atoms. The van der Waals surface area contributed by atoms with E-state index in [1.165, 1.54) is 39.6 Å². The van der Waals surface area contributed by atoms with Crippen LogP contribution >= 0.6 is 0 Å². The Balaban J connectivity index is 1.62. The Morgan fingerprint density at radius 1 is 1.07 bits per heavy atom. The van der Waals surface area contributed by atoms with Crippen LogP contribution in [-0.4, -0.2) is 59.7 Å². The normalized spacial score (nSPS) is 44.3. The zero-order valence-corrected chi connectivity index (χ0v) is 24.9. The van der Waals surface area contributed by atoms with Crippen molar-refractivity contribution in [2.24, 2.45) is 34.0 Å². The highest BCUT2D eigenvalue weighted by Gasteiger charge is 2.90. The highest BCUT2D eigenvalue weighted by Crippen LogP contribution is 2.81. The van der Waals surface area contributed by atoms with Crippen molar-refractivity contribution in [1.82, 2.24) is 0 Å². The number of cyclic esters (lactones) is 1. The highest BCUT2D eigenvalue weighted by molar-refractivity contribution is 5.85. The Bertz CT molecular complexity index is 1380. The van der Waals surface area contributed by atoms with Crippen molar-refractivity contribution in [3.8, 4) is 0 Å². The average Bonchev–Trinajstić information content (AvgIpc) is 3.56. The van der Waals surface area contributed by atoms with E-state index in [-0.39, 0.29) is 6.42 Å². The molecule has 0 aromatic carbocycles. The van der Waals surface area contributed by atoms with Gasteiger partial charge < -0.3 is 33.2 Å². The molecule has 4 fully saturated rings. The summed E-state index contributed by atoms with van der Waals surface area (Å²) < 4.78 is 35.2. The molecule has 11 nitrogen and oxygen atoms in total. The third kappa shape index (κ3) is 3.35. The predicted octanol–water partition coefficient (Wildman–Crippen LogP) is 3.40. The first-order chi connectivity index (χ1) is 19.6. The molecule has 2 bridgehead atoms. The Morgan fingerprint density at radius 3 is 2.33 bits per heavy atom. The van der Waals surface area contributed by atoms with Gasteiger partial charge in [-0.2, -0.15) is 0 Å². The van der Waals surface area contributed by atoms with Crippen molar-refractivity contribution in [2.45, 2.75) is 90.5 Å². The zero-order chi connectivity index (χ0) is 30.6. The third-order valence-corrected chi connectivity index (χ3v) is 11.3. The summed E-state index contributed by atoms with van der Waals surface area (Å²) in [5.74, 6) is -6.37. The molecule has 2 unspecified atom stereocenters. The molecule has 1 aromatic rings. The Kier molecular flexibility index (Phi) is 6.14. The maximum Gasteiger partial charge on any atom is 0.331 e. The van der Waals surface area contributed by atoms with E-state index in [4.69, 9.17) is 28.1 Å². The van der Waals surface area contributed by atoms with E-state index >= 15 is 0 Å². The maximum absolute atomic E-state index is 13.2. The number of aliphatic hydroxyl groups is 1. The van der Waals surface area contributed by atoms with Crippen LogP contribution in [0.15, 0.2) is 34.7 Å². The number of carbonyl (C=O) groups excluding carboxylic acids is 4. The molecule has 2 aliphatic carbocycles. The quantitative estimate of drug-likeness (QED) is 0.400. The number of rotatable bonds is 5. The summed E-state index contributed by atoms with van der Waals surface area (Å²) in [5.41, 5.74) is -3.08. The first-order valence-corrected chi connectivity index (χ1v) is 14.4. The molecule has 2 saturated heterocycles. The fourth-order valence-corrected chi connectivity index (χ4v) is 9.79. The van der Waals surface area contributed by atoms with Crippen molar-refractivity contribution >= 4 is 23.9 Å². The third-order valence-electron chi connectivity index (χ3n) is 11.3. The van der Waals surface area contributed by atoms with E-state index in [2.05, 4.69) is 0 Å². The summed E-state index contributed by atoms with van der Waals surface area (Å²) in [6, 6.07) is 1.74. The molecule has 4 heterocycles. The predicted molar refractivity (Wildman–Crippen MR) is 142 cm³/mol. The van der Waals surface area contributed by atoms with Gasteiger partial charge in [0.2, 0.25) is 0 Å². The summed E-state index contributed by atoms with van der Waals surface area (Å²) in [4.78, 5) is 51.4. The monoisotopic (exact) mass is 586 g/mol. The SMILES string of the molecule is COC(=O)CC1C(C)(C)[C@H](OC(C)=O)[C@@H]2[C@@H](OC(C)=O)[C@]34O[C@@]2(O)[C@]1(C)C3CC[C@]1(C)C4=CC(=O)O[C@H]1c1ccoc1. The topological polar surface area (TPSA) is 148 Å². The van der Waals surface area contributed by atoms with Crippen LogP contribution in [0.5, 0.6) is 0 Å². The van der Waals surface area contributed by atoms with Crippen LogP contribution in [0.1, 0.15) is 72.5 Å². The molecule has 5 aliphatic rings. The van der Waals surface area contributed by atoms with E-state index < -0.39 is 87.6 Å². The number of ether oxygens (including phenoxy) is 5. The van der Waals surface area contributed by atoms with E-state index in [1.54, 1.807) is 6.07 Å². The van der Waals surface area contributed by atoms with E-state index in [1.807, 2.05) is 27.7 Å². The summed E-state index contributed by atoms with van der Waals surface area (Å²) in [6.45, 7) is 10.2. The minimum absolute atomic E-state index is 0.0725. The summed E-state index contributed by atoms with van der Waals surface area (Å²) in [7, 11) is 1.30. The van der Waals surface area contributed by atoms with Crippen molar-refractivity contribution in [1.29, 1.82) is 0 Å². The van der Waals surface area contributed by atoms with Gasteiger partial charge in [-0.25, -0.2) is 4.79 Å². The van der Waals surface area contributed by atoms with Crippen molar-refractivity contribution in [3.05, 3.63) is 35.8 Å². The zero-order valence-electron chi connectivity index (χ0n) is 24.9. The fourth-order valence-electron chi connectivity index (χ4n) is 9.79. The van der Waals surface area contributed by atoms with Gasteiger partial charge in [0, 0.05) is 54.1 Å². The molecule has 2 saturated carbocycles. The second-order valence-electron chi connectivity index (χ2n) is 13.6. The van der Waals surface area contributed by atoms with Crippen molar-refractivity contribution < 1.29 is 52.4 Å². The molecule has 228 valence electrons. The number of methoxy groups -OCH3 is 1. The van der Waals surface area contributed by atoms with Gasteiger partial charge in [-0.1, -0.05) is 27.7 Å². The number of hydrogen-bond acceptors (Lipinski definition) is 11. The van der Waals surface area contributed by atoms with Gasteiger partial charge in [-0.05, 0) is 30.4 Å². The molecular formula is C31H38O11. The van der Waals surface area contributed by atoms with Gasteiger partial charge in [0.05, 0.1) is 25.6 Å². The lowest BCUT2D eigenvalue weighted by atomic mass is 9.37. The lowest BCUT2D eigenvalue weighted by Gasteiger charge is -2.66. The molecule has 6 rings (SSSR count). The molecule has 1 N–H and O–H groups in total. The van der Waals surface area contributed by atoms with Crippen molar-refractivity contribution in [3.63, 3.8) is 0 Å². The molecule has 10 atom stereocenters. The van der Waals surface area contributed by atoms with E-state index in [9.17, 15) is 24.3 Å². The van der Waals surface area contributed by atoms with Crippen LogP contribution in [-0.2, 0) is 42.9 Å². The second-order valence-corrected chi connectivity index (χ2v) is 13.6. The minimum atomic E-state index is -2.00. The second kappa shape index (κ2) is 8.92. The van der Waals surface area contributed by atoms with Gasteiger partial charge in [0.1, 0.15) is 23.9 Å². The lowest BCUT2D eigenvalue weighted by molar-refractivity contribution is -0.326. The van der Waals surface area contributed by atoms with Gasteiger partial charge in [-0.15, -0.1) is 0 Å². The summed E-state index contributed by atoms with van der Waals surface area (Å²) in [6.07, 6.45) is 2.55. The largest absolute Gasteiger partial charge is 0.472 e. The number of carbonyl (C=O) groups is 4. The summed E-state index contributed by atoms with van der Waals surface area (Å²) in [5, 5.41) is 12.8. The van der Waals surface area contributed by atoms with E-state index in [0.717, 1.165) is 0 Å². The molecular weight excluding hydrogens is 548 g/mol. The molecule has 11 heteroatoms. The van der Waals surface area contributed by atoms with Crippen LogP contribution in [0.3, 0.4) is 0 Å². The van der Waals surface area contributed by atoms with E-state index in [0.29, 0.717) is 24.0 Å². The molecule has 42 heavy (non-hydrogen) atoms. The van der Waals surface area contributed by atoms with Crippen LogP contribution in [0, 0.1) is 34.0 Å². The van der Waals surface area contributed by atoms with Crippen LogP contribution < -0.4 is 0 Å². The van der Waals surface area contributed by atoms with Gasteiger partial charge in [0.25, 0.3) is 0 Å². The Hall–Kier alpha value is -3.18. The average molecular weight is 587 g/mol. The first kappa shape index (κ1) is 28.9. The molecule has 3 aliphatic heterocycles. The molecule has 0 amide bonds. The number of hydrogen-bond donors (Lipinski definition) is 1. The first-order valence-electron chi connectivity index (χ1n) is 14.4. The molecule has 0 radical (unpaired) electrons. The minimum Gasteiger partial charge on any atom is -0.472 e. The Labute approximate surface area is 243 Å². The number of furan rings is 1. The standard InChI is InChI=1S/C31H38O11/c1-15(32)39-25-23-26(40-16(2)33)30-18(29(6,31(23,36)42-30)19(27(25,3)4)12-21(34)37-7)8-10-28(5)20(30)13-22(35)41-24(28)17-9-11-38-14-17/h9,11,13-14,18-19,23-26,36H,8,10,12H2,1-7H3/t18?,19?,23-,24+,25-,26-,28-,29-,30+,31-/m1/s1. The van der Waals surface area contributed by atoms with Crippen LogP contribution in [0.2, 0.25) is 0 Å². The molecule has 1 aromatic heterocycles. The number of fused-ring (bicyclic) bond motifs is 2. The van der Waals surface area contributed by atoms with Gasteiger partial charge in [0.15, 0.2) is 5.79 Å². The lowest BCUT2D eigenvalue weighted by Crippen LogP contribution is -2.75.